The molecule has 2 fully saturated rings. The van der Waals surface area contributed by atoms with Crippen molar-refractivity contribution in [3.05, 3.63) is 0 Å². The van der Waals surface area contributed by atoms with E-state index in [0.717, 1.165) is 38.5 Å². The van der Waals surface area contributed by atoms with Crippen molar-refractivity contribution >= 4 is 0 Å². The van der Waals surface area contributed by atoms with E-state index in [2.05, 4.69) is 41.5 Å². The Morgan fingerprint density at radius 1 is 0.650 bits per heavy atom. The van der Waals surface area contributed by atoms with E-state index in [9.17, 15) is 5.11 Å². The third-order valence-corrected chi connectivity index (χ3v) is 6.52. The maximum atomic E-state index is 11.1. The van der Waals surface area contributed by atoms with Gasteiger partial charge in [0.15, 0.2) is 0 Å². The zero-order valence-electron chi connectivity index (χ0n) is 14.3. The van der Waals surface area contributed by atoms with Gasteiger partial charge < -0.3 is 9.84 Å². The first-order chi connectivity index (χ1) is 9.16. The molecule has 1 unspecified atom stereocenters. The Labute approximate surface area is 125 Å². The van der Waals surface area contributed by atoms with Crippen LogP contribution < -0.4 is 0 Å². The lowest BCUT2D eigenvalue weighted by Crippen LogP contribution is -2.49. The Bertz CT molecular complexity index is 321. The summed E-state index contributed by atoms with van der Waals surface area (Å²) >= 11 is 0. The molecule has 2 saturated heterocycles. The Balaban J connectivity index is 2.33. The summed E-state index contributed by atoms with van der Waals surface area (Å²) in [7, 11) is 0. The number of rotatable bonds is 3. The minimum absolute atomic E-state index is 0.00639. The first-order valence-corrected chi connectivity index (χ1v) is 8.58. The third kappa shape index (κ3) is 2.54. The molecular formula is C18H34O2. The van der Waals surface area contributed by atoms with Gasteiger partial charge in [-0.15, -0.1) is 0 Å². The predicted molar refractivity (Wildman–Crippen MR) is 83.7 cm³/mol. The second-order valence-corrected chi connectivity index (χ2v) is 8.30. The van der Waals surface area contributed by atoms with Crippen molar-refractivity contribution < 1.29 is 9.84 Å². The molecule has 0 aromatic rings. The maximum Gasteiger partial charge on any atom is 0.0715 e. The van der Waals surface area contributed by atoms with Gasteiger partial charge in [-0.3, -0.25) is 0 Å². The Morgan fingerprint density at radius 2 is 1.00 bits per heavy atom. The van der Waals surface area contributed by atoms with Gasteiger partial charge in [-0.25, -0.2) is 0 Å². The largest absolute Gasteiger partial charge is 0.390 e. The van der Waals surface area contributed by atoms with Crippen LogP contribution in [0.2, 0.25) is 0 Å². The zero-order chi connectivity index (χ0) is 15.2. The molecule has 2 nitrogen and oxygen atoms in total. The number of fused-ring (bicyclic) bond motifs is 2. The topological polar surface area (TPSA) is 29.5 Å². The molecule has 0 saturated carbocycles. The van der Waals surface area contributed by atoms with E-state index in [1.54, 1.807) is 0 Å². The molecule has 1 N–H and O–H groups in total. The van der Waals surface area contributed by atoms with Gasteiger partial charge in [-0.1, -0.05) is 41.5 Å². The first kappa shape index (κ1) is 16.3. The lowest BCUT2D eigenvalue weighted by atomic mass is 9.74. The Morgan fingerprint density at radius 3 is 1.30 bits per heavy atom. The predicted octanol–water partition coefficient (Wildman–Crippen LogP) is 4.55. The molecule has 0 amide bonds. The fourth-order valence-corrected chi connectivity index (χ4v) is 4.23. The van der Waals surface area contributed by atoms with Crippen molar-refractivity contribution in [3.63, 3.8) is 0 Å². The van der Waals surface area contributed by atoms with E-state index in [4.69, 9.17) is 4.74 Å². The second-order valence-electron chi connectivity index (χ2n) is 8.30. The van der Waals surface area contributed by atoms with Crippen molar-refractivity contribution in [2.75, 3.05) is 0 Å². The minimum atomic E-state index is -0.506. The van der Waals surface area contributed by atoms with Crippen LogP contribution in [0, 0.1) is 17.8 Å². The van der Waals surface area contributed by atoms with Crippen LogP contribution in [-0.2, 0) is 4.74 Å². The van der Waals surface area contributed by atoms with Crippen molar-refractivity contribution in [2.45, 2.75) is 96.9 Å². The molecule has 2 aliphatic rings. The number of ether oxygens (including phenoxy) is 1. The molecule has 2 bridgehead atoms. The minimum Gasteiger partial charge on any atom is -0.390 e. The van der Waals surface area contributed by atoms with E-state index in [1.807, 2.05) is 0 Å². The fraction of sp³-hybridized carbons (Fsp3) is 1.00. The molecule has 0 spiro atoms. The summed E-state index contributed by atoms with van der Waals surface area (Å²) in [5.41, 5.74) is -0.518. The van der Waals surface area contributed by atoms with Gasteiger partial charge in [0, 0.05) is 0 Å². The van der Waals surface area contributed by atoms with Crippen molar-refractivity contribution in [1.82, 2.24) is 0 Å². The highest BCUT2D eigenvalue weighted by Crippen LogP contribution is 2.53. The van der Waals surface area contributed by atoms with Crippen molar-refractivity contribution in [2.24, 2.45) is 17.8 Å². The molecule has 2 heterocycles. The Hall–Kier alpha value is -0.0800. The average molecular weight is 282 g/mol. The lowest BCUT2D eigenvalue weighted by molar-refractivity contribution is -0.182. The highest BCUT2D eigenvalue weighted by atomic mass is 16.5. The van der Waals surface area contributed by atoms with Crippen LogP contribution in [0.4, 0.5) is 0 Å². The monoisotopic (exact) mass is 282 g/mol. The molecule has 2 heteroatoms. The SMILES string of the molecule is CC(C)C1(O)CC[C@]2(C(C)C)CC[C@](C(C)C)(CC1)O2. The summed E-state index contributed by atoms with van der Waals surface area (Å²) in [5, 5.41) is 11.1. The Kier molecular flexibility index (Phi) is 4.30. The third-order valence-electron chi connectivity index (χ3n) is 6.52. The van der Waals surface area contributed by atoms with E-state index < -0.39 is 5.60 Å². The molecule has 2 rings (SSSR count). The quantitative estimate of drug-likeness (QED) is 0.823. The van der Waals surface area contributed by atoms with Crippen LogP contribution in [0.3, 0.4) is 0 Å². The van der Waals surface area contributed by atoms with Crippen LogP contribution in [0.1, 0.15) is 80.1 Å². The van der Waals surface area contributed by atoms with Crippen molar-refractivity contribution in [3.8, 4) is 0 Å². The lowest BCUT2D eigenvalue weighted by Gasteiger charge is -2.46. The molecule has 118 valence electrons. The van der Waals surface area contributed by atoms with Gasteiger partial charge in [0.05, 0.1) is 16.8 Å². The summed E-state index contributed by atoms with van der Waals surface area (Å²) in [5.74, 6) is 1.38. The van der Waals surface area contributed by atoms with Crippen molar-refractivity contribution in [1.29, 1.82) is 0 Å². The van der Waals surface area contributed by atoms with Crippen LogP contribution in [0.5, 0.6) is 0 Å². The molecule has 20 heavy (non-hydrogen) atoms. The first-order valence-electron chi connectivity index (χ1n) is 8.58. The normalized spacial score (nSPS) is 42.3. The molecule has 0 aromatic heterocycles. The number of hydrogen-bond acceptors (Lipinski definition) is 2. The van der Waals surface area contributed by atoms with Gasteiger partial charge in [-0.05, 0) is 56.3 Å². The summed E-state index contributed by atoms with van der Waals surface area (Å²) in [6.07, 6.45) is 6.11. The van der Waals surface area contributed by atoms with Gasteiger partial charge >= 0.3 is 0 Å². The van der Waals surface area contributed by atoms with Crippen LogP contribution in [-0.4, -0.2) is 21.9 Å². The zero-order valence-corrected chi connectivity index (χ0v) is 14.3. The standard InChI is InChI=1S/C18H34O2/c1-13(2)16(19)7-9-17(14(3)4)11-12-18(20-17,10-8-16)15(5)6/h13-15,19H,7-12H2,1-6H3/t16?,17-,18+. The van der Waals surface area contributed by atoms with Gasteiger partial charge in [0.25, 0.3) is 0 Å². The van der Waals surface area contributed by atoms with Crippen LogP contribution in [0.25, 0.3) is 0 Å². The summed E-state index contributed by atoms with van der Waals surface area (Å²) in [6, 6.07) is 0. The van der Waals surface area contributed by atoms with Gasteiger partial charge in [0.1, 0.15) is 0 Å². The molecule has 0 aromatic carbocycles. The van der Waals surface area contributed by atoms with Gasteiger partial charge in [0.2, 0.25) is 0 Å². The second kappa shape index (κ2) is 5.28. The van der Waals surface area contributed by atoms with Gasteiger partial charge in [-0.2, -0.15) is 0 Å². The molecule has 3 atom stereocenters. The molecule has 2 aliphatic heterocycles. The molecule has 0 aliphatic carbocycles. The molecular weight excluding hydrogens is 248 g/mol. The highest BCUT2D eigenvalue weighted by Gasteiger charge is 2.54. The average Bonchev–Trinajstić information content (AvgIpc) is 2.76. The smallest absolute Gasteiger partial charge is 0.0715 e. The summed E-state index contributed by atoms with van der Waals surface area (Å²) < 4.78 is 6.76. The van der Waals surface area contributed by atoms with Crippen LogP contribution in [0.15, 0.2) is 0 Å². The van der Waals surface area contributed by atoms with Crippen LogP contribution >= 0.6 is 0 Å². The molecule has 0 radical (unpaired) electrons. The van der Waals surface area contributed by atoms with E-state index in [1.165, 1.54) is 0 Å². The van der Waals surface area contributed by atoms with E-state index in [-0.39, 0.29) is 11.2 Å². The van der Waals surface area contributed by atoms with E-state index >= 15 is 0 Å². The summed E-state index contributed by atoms with van der Waals surface area (Å²) in [6.45, 7) is 13.5. The van der Waals surface area contributed by atoms with E-state index in [0.29, 0.717) is 17.8 Å². The number of hydrogen-bond donors (Lipinski definition) is 1. The fourth-order valence-electron chi connectivity index (χ4n) is 4.23. The highest BCUT2D eigenvalue weighted by molar-refractivity contribution is 5.04. The maximum absolute atomic E-state index is 11.1. The number of aliphatic hydroxyl groups is 1. The summed E-state index contributed by atoms with van der Waals surface area (Å²) in [4.78, 5) is 0.